The van der Waals surface area contributed by atoms with Crippen LogP contribution in [0.2, 0.25) is 0 Å². The van der Waals surface area contributed by atoms with E-state index in [2.05, 4.69) is 4.74 Å². The fourth-order valence-electron chi connectivity index (χ4n) is 1.65. The van der Waals surface area contributed by atoms with Crippen molar-refractivity contribution in [1.82, 2.24) is 0 Å². The molecule has 0 aliphatic carbocycles. The summed E-state index contributed by atoms with van der Waals surface area (Å²) in [6.07, 6.45) is 0. The van der Waals surface area contributed by atoms with Crippen molar-refractivity contribution in [3.05, 3.63) is 29.8 Å². The summed E-state index contributed by atoms with van der Waals surface area (Å²) in [6.45, 7) is 1.47. The van der Waals surface area contributed by atoms with E-state index in [1.807, 2.05) is 6.07 Å². The molecule has 0 aliphatic heterocycles. The van der Waals surface area contributed by atoms with Gasteiger partial charge in [-0.2, -0.15) is 5.26 Å². The van der Waals surface area contributed by atoms with Gasteiger partial charge in [0, 0.05) is 12.7 Å². The zero-order valence-corrected chi connectivity index (χ0v) is 10.7. The average Bonchev–Trinajstić information content (AvgIpc) is 2.37. The standard InChI is InChI=1S/C13H16N2O3/c1-13(17,12(16)18-3)9-15(2)11-6-4-5-10(7-11)8-14/h4-7,17H,9H2,1-3H3. The number of methoxy groups -OCH3 is 1. The van der Waals surface area contributed by atoms with Crippen LogP contribution in [0.1, 0.15) is 12.5 Å². The molecule has 96 valence electrons. The van der Waals surface area contributed by atoms with Crippen molar-refractivity contribution < 1.29 is 14.6 Å². The fourth-order valence-corrected chi connectivity index (χ4v) is 1.65. The molecule has 1 atom stereocenters. The zero-order chi connectivity index (χ0) is 13.8. The molecule has 0 amide bonds. The first-order chi connectivity index (χ1) is 8.40. The van der Waals surface area contributed by atoms with E-state index >= 15 is 0 Å². The fraction of sp³-hybridized carbons (Fsp3) is 0.385. The number of benzene rings is 1. The van der Waals surface area contributed by atoms with Gasteiger partial charge in [0.15, 0.2) is 5.60 Å². The third-order valence-electron chi connectivity index (χ3n) is 2.59. The van der Waals surface area contributed by atoms with Crippen LogP contribution in [-0.2, 0) is 9.53 Å². The Morgan fingerprint density at radius 3 is 2.83 bits per heavy atom. The molecular weight excluding hydrogens is 232 g/mol. The van der Waals surface area contributed by atoms with E-state index < -0.39 is 11.6 Å². The molecular formula is C13H16N2O3. The van der Waals surface area contributed by atoms with Crippen LogP contribution in [0.4, 0.5) is 5.69 Å². The summed E-state index contributed by atoms with van der Waals surface area (Å²) < 4.78 is 4.53. The number of carbonyl (C=O) groups excluding carboxylic acids is 1. The van der Waals surface area contributed by atoms with Crippen molar-refractivity contribution in [2.75, 3.05) is 25.6 Å². The SMILES string of the molecule is COC(=O)C(C)(O)CN(C)c1cccc(C#N)c1. The largest absolute Gasteiger partial charge is 0.467 e. The van der Waals surface area contributed by atoms with E-state index in [9.17, 15) is 9.90 Å². The quantitative estimate of drug-likeness (QED) is 0.802. The highest BCUT2D eigenvalue weighted by Gasteiger charge is 2.32. The second kappa shape index (κ2) is 5.52. The first-order valence-corrected chi connectivity index (χ1v) is 5.43. The Bertz CT molecular complexity index is 477. The number of nitriles is 1. The predicted octanol–water partition coefficient (Wildman–Crippen LogP) is 0.918. The van der Waals surface area contributed by atoms with Gasteiger partial charge < -0.3 is 14.7 Å². The smallest absolute Gasteiger partial charge is 0.339 e. The van der Waals surface area contributed by atoms with Gasteiger partial charge in [-0.3, -0.25) is 0 Å². The first-order valence-electron chi connectivity index (χ1n) is 5.43. The second-order valence-corrected chi connectivity index (χ2v) is 4.28. The van der Waals surface area contributed by atoms with E-state index in [1.54, 1.807) is 36.2 Å². The third-order valence-corrected chi connectivity index (χ3v) is 2.59. The summed E-state index contributed by atoms with van der Waals surface area (Å²) in [7, 11) is 2.96. The molecule has 5 heteroatoms. The summed E-state index contributed by atoms with van der Waals surface area (Å²) in [5.74, 6) is -0.689. The molecule has 0 saturated heterocycles. The monoisotopic (exact) mass is 248 g/mol. The minimum absolute atomic E-state index is 0.0779. The van der Waals surface area contributed by atoms with Gasteiger partial charge >= 0.3 is 5.97 Å². The molecule has 0 spiro atoms. The van der Waals surface area contributed by atoms with Gasteiger partial charge in [0.1, 0.15) is 0 Å². The van der Waals surface area contributed by atoms with Gasteiger partial charge in [-0.15, -0.1) is 0 Å². The Kier molecular flexibility index (Phi) is 4.29. The molecule has 0 bridgehead atoms. The number of likely N-dealkylation sites (N-methyl/N-ethyl adjacent to an activating group) is 1. The molecule has 0 fully saturated rings. The van der Waals surface area contributed by atoms with E-state index in [4.69, 9.17) is 5.26 Å². The summed E-state index contributed by atoms with van der Waals surface area (Å²) in [5.41, 5.74) is -0.318. The lowest BCUT2D eigenvalue weighted by atomic mass is 10.1. The Morgan fingerprint density at radius 2 is 2.28 bits per heavy atom. The van der Waals surface area contributed by atoms with Crippen LogP contribution in [0.25, 0.3) is 0 Å². The van der Waals surface area contributed by atoms with Gasteiger partial charge in [-0.05, 0) is 25.1 Å². The van der Waals surface area contributed by atoms with Gasteiger partial charge in [0.05, 0.1) is 25.3 Å². The molecule has 0 radical (unpaired) electrons. The first kappa shape index (κ1) is 14.0. The van der Waals surface area contributed by atoms with E-state index in [1.165, 1.54) is 14.0 Å². The summed E-state index contributed by atoms with van der Waals surface area (Å²) >= 11 is 0. The van der Waals surface area contributed by atoms with Crippen LogP contribution >= 0.6 is 0 Å². The number of hydrogen-bond donors (Lipinski definition) is 1. The van der Waals surface area contributed by atoms with Crippen molar-refractivity contribution in [2.45, 2.75) is 12.5 Å². The lowest BCUT2D eigenvalue weighted by Gasteiger charge is -2.28. The Labute approximate surface area is 106 Å². The van der Waals surface area contributed by atoms with Gasteiger partial charge in [-0.1, -0.05) is 6.07 Å². The van der Waals surface area contributed by atoms with Crippen molar-refractivity contribution in [1.29, 1.82) is 5.26 Å². The van der Waals surface area contributed by atoms with Crippen LogP contribution < -0.4 is 4.90 Å². The van der Waals surface area contributed by atoms with Crippen LogP contribution in [0.3, 0.4) is 0 Å². The highest BCUT2D eigenvalue weighted by atomic mass is 16.5. The van der Waals surface area contributed by atoms with Crippen LogP contribution in [0.15, 0.2) is 24.3 Å². The van der Waals surface area contributed by atoms with Crippen LogP contribution in [-0.4, -0.2) is 37.4 Å². The Hall–Kier alpha value is -2.06. The maximum absolute atomic E-state index is 11.4. The minimum Gasteiger partial charge on any atom is -0.467 e. The second-order valence-electron chi connectivity index (χ2n) is 4.28. The topological polar surface area (TPSA) is 73.6 Å². The normalized spacial score (nSPS) is 13.3. The maximum atomic E-state index is 11.4. The van der Waals surface area contributed by atoms with Crippen LogP contribution in [0, 0.1) is 11.3 Å². The molecule has 1 aromatic rings. The molecule has 1 rings (SSSR count). The van der Waals surface area contributed by atoms with Crippen molar-refractivity contribution >= 4 is 11.7 Å². The number of hydrogen-bond acceptors (Lipinski definition) is 5. The number of nitrogens with zero attached hydrogens (tertiary/aromatic N) is 2. The lowest BCUT2D eigenvalue weighted by molar-refractivity contribution is -0.159. The molecule has 0 heterocycles. The zero-order valence-electron chi connectivity index (χ0n) is 10.7. The molecule has 5 nitrogen and oxygen atoms in total. The van der Waals surface area contributed by atoms with E-state index in [0.29, 0.717) is 5.56 Å². The molecule has 0 saturated carbocycles. The van der Waals surface area contributed by atoms with Gasteiger partial charge in [0.25, 0.3) is 0 Å². The maximum Gasteiger partial charge on any atom is 0.339 e. The molecule has 0 aromatic heterocycles. The van der Waals surface area contributed by atoms with Crippen molar-refractivity contribution in [3.63, 3.8) is 0 Å². The van der Waals surface area contributed by atoms with Gasteiger partial charge in [0.2, 0.25) is 0 Å². The van der Waals surface area contributed by atoms with Gasteiger partial charge in [-0.25, -0.2) is 4.79 Å². The lowest BCUT2D eigenvalue weighted by Crippen LogP contribution is -2.46. The van der Waals surface area contributed by atoms with Crippen LogP contribution in [0.5, 0.6) is 0 Å². The number of esters is 1. The Morgan fingerprint density at radius 1 is 1.61 bits per heavy atom. The molecule has 1 N–H and O–H groups in total. The number of anilines is 1. The molecule has 0 aliphatic rings. The van der Waals surface area contributed by atoms with E-state index in [-0.39, 0.29) is 6.54 Å². The summed E-state index contributed by atoms with van der Waals surface area (Å²) in [6, 6.07) is 8.96. The highest BCUT2D eigenvalue weighted by molar-refractivity contribution is 5.79. The number of carbonyl (C=O) groups is 1. The summed E-state index contributed by atoms with van der Waals surface area (Å²) in [5, 5.41) is 18.8. The molecule has 1 unspecified atom stereocenters. The van der Waals surface area contributed by atoms with Crippen molar-refractivity contribution in [2.24, 2.45) is 0 Å². The number of aliphatic hydroxyl groups is 1. The third kappa shape index (κ3) is 3.22. The number of rotatable bonds is 4. The predicted molar refractivity (Wildman–Crippen MR) is 67.1 cm³/mol. The highest BCUT2D eigenvalue weighted by Crippen LogP contribution is 2.17. The van der Waals surface area contributed by atoms with E-state index in [0.717, 1.165) is 5.69 Å². The minimum atomic E-state index is -1.59. The van der Waals surface area contributed by atoms with Crippen molar-refractivity contribution in [3.8, 4) is 6.07 Å². The molecule has 1 aromatic carbocycles. The summed E-state index contributed by atoms with van der Waals surface area (Å²) in [4.78, 5) is 13.1. The average molecular weight is 248 g/mol. The Balaban J connectivity index is 2.85. The number of ether oxygens (including phenoxy) is 1. The molecule has 18 heavy (non-hydrogen) atoms.